The van der Waals surface area contributed by atoms with E-state index in [1.54, 1.807) is 18.2 Å². The van der Waals surface area contributed by atoms with Gasteiger partial charge in [-0.1, -0.05) is 12.1 Å². The van der Waals surface area contributed by atoms with Gasteiger partial charge in [-0.2, -0.15) is 0 Å². The van der Waals surface area contributed by atoms with Crippen molar-refractivity contribution in [3.63, 3.8) is 0 Å². The fraction of sp³-hybridized carbons (Fsp3) is 0.417. The van der Waals surface area contributed by atoms with Gasteiger partial charge in [-0.25, -0.2) is 4.79 Å². The molecule has 0 amide bonds. The van der Waals surface area contributed by atoms with E-state index in [0.29, 0.717) is 0 Å². The Morgan fingerprint density at radius 1 is 1.50 bits per heavy atom. The maximum Gasteiger partial charge on any atom is 0.333 e. The number of carbonyl (C=O) groups is 1. The van der Waals surface area contributed by atoms with Crippen LogP contribution in [-0.4, -0.2) is 29.4 Å². The molecule has 1 aliphatic rings. The summed E-state index contributed by atoms with van der Waals surface area (Å²) < 4.78 is 5.05. The van der Waals surface area contributed by atoms with Gasteiger partial charge in [0, 0.05) is 12.5 Å². The van der Waals surface area contributed by atoms with E-state index in [4.69, 9.17) is 9.84 Å². The standard InChI is InChI=1S/C12H14O4/c1-16-10(11(14)15)12(5-6-12)8-3-2-4-9(13)7-8/h2-4,7,10,13H,5-6H2,1H3,(H,14,15). The molecule has 0 aliphatic heterocycles. The van der Waals surface area contributed by atoms with Crippen LogP contribution in [0.5, 0.6) is 5.75 Å². The van der Waals surface area contributed by atoms with Crippen molar-refractivity contribution in [2.24, 2.45) is 0 Å². The average molecular weight is 222 g/mol. The Kier molecular flexibility index (Phi) is 2.59. The Morgan fingerprint density at radius 3 is 2.62 bits per heavy atom. The Labute approximate surface area is 93.5 Å². The first-order valence-electron chi connectivity index (χ1n) is 5.15. The molecule has 86 valence electrons. The molecular weight excluding hydrogens is 208 g/mol. The first-order valence-corrected chi connectivity index (χ1v) is 5.15. The summed E-state index contributed by atoms with van der Waals surface area (Å²) in [5, 5.41) is 18.5. The van der Waals surface area contributed by atoms with Crippen molar-refractivity contribution in [2.45, 2.75) is 24.4 Å². The van der Waals surface area contributed by atoms with Crippen LogP contribution in [-0.2, 0) is 14.9 Å². The monoisotopic (exact) mass is 222 g/mol. The van der Waals surface area contributed by atoms with Crippen molar-refractivity contribution < 1.29 is 19.7 Å². The summed E-state index contributed by atoms with van der Waals surface area (Å²) in [5.41, 5.74) is 0.376. The highest BCUT2D eigenvalue weighted by molar-refractivity contribution is 5.76. The van der Waals surface area contributed by atoms with Crippen molar-refractivity contribution in [3.05, 3.63) is 29.8 Å². The van der Waals surface area contributed by atoms with Crippen LogP contribution in [0.25, 0.3) is 0 Å². The largest absolute Gasteiger partial charge is 0.508 e. The molecular formula is C12H14O4. The number of ether oxygens (including phenoxy) is 1. The smallest absolute Gasteiger partial charge is 0.333 e. The molecule has 1 aromatic carbocycles. The van der Waals surface area contributed by atoms with Gasteiger partial charge in [-0.05, 0) is 30.5 Å². The summed E-state index contributed by atoms with van der Waals surface area (Å²) in [6.45, 7) is 0. The molecule has 1 saturated carbocycles. The predicted octanol–water partition coefficient (Wildman–Crippen LogP) is 1.52. The molecule has 1 fully saturated rings. The number of aliphatic carboxylic acids is 1. The molecule has 1 aromatic rings. The van der Waals surface area contributed by atoms with Crippen LogP contribution in [0.4, 0.5) is 0 Å². The van der Waals surface area contributed by atoms with E-state index in [-0.39, 0.29) is 5.75 Å². The molecule has 0 spiro atoms. The second-order valence-electron chi connectivity index (χ2n) is 4.16. The van der Waals surface area contributed by atoms with E-state index >= 15 is 0 Å². The summed E-state index contributed by atoms with van der Waals surface area (Å²) in [4.78, 5) is 11.1. The minimum absolute atomic E-state index is 0.156. The number of benzene rings is 1. The molecule has 0 aromatic heterocycles. The molecule has 2 rings (SSSR count). The minimum atomic E-state index is -0.955. The fourth-order valence-corrected chi connectivity index (χ4v) is 2.22. The van der Waals surface area contributed by atoms with Crippen LogP contribution >= 0.6 is 0 Å². The third kappa shape index (κ3) is 1.65. The van der Waals surface area contributed by atoms with Crippen LogP contribution in [0.1, 0.15) is 18.4 Å². The summed E-state index contributed by atoms with van der Waals surface area (Å²) >= 11 is 0. The van der Waals surface area contributed by atoms with E-state index in [1.165, 1.54) is 7.11 Å². The Hall–Kier alpha value is -1.55. The zero-order valence-electron chi connectivity index (χ0n) is 9.01. The van der Waals surface area contributed by atoms with Gasteiger partial charge in [0.2, 0.25) is 0 Å². The molecule has 1 aliphatic carbocycles. The lowest BCUT2D eigenvalue weighted by atomic mass is 9.89. The molecule has 1 unspecified atom stereocenters. The second kappa shape index (κ2) is 3.79. The van der Waals surface area contributed by atoms with Crippen molar-refractivity contribution >= 4 is 5.97 Å². The lowest BCUT2D eigenvalue weighted by Gasteiger charge is -2.22. The van der Waals surface area contributed by atoms with Crippen LogP contribution in [0.3, 0.4) is 0 Å². The molecule has 1 atom stereocenters. The molecule has 0 heterocycles. The van der Waals surface area contributed by atoms with E-state index in [2.05, 4.69) is 0 Å². The van der Waals surface area contributed by atoms with E-state index < -0.39 is 17.5 Å². The summed E-state index contributed by atoms with van der Waals surface area (Å²) in [7, 11) is 1.40. The van der Waals surface area contributed by atoms with Crippen LogP contribution in [0.2, 0.25) is 0 Å². The van der Waals surface area contributed by atoms with Crippen molar-refractivity contribution in [2.75, 3.05) is 7.11 Å². The van der Waals surface area contributed by atoms with Gasteiger partial charge in [0.25, 0.3) is 0 Å². The second-order valence-corrected chi connectivity index (χ2v) is 4.16. The first kappa shape index (κ1) is 11.0. The van der Waals surface area contributed by atoms with E-state index in [9.17, 15) is 9.90 Å². The topological polar surface area (TPSA) is 66.8 Å². The molecule has 0 bridgehead atoms. The van der Waals surface area contributed by atoms with Crippen LogP contribution < -0.4 is 0 Å². The lowest BCUT2D eigenvalue weighted by Crippen LogP contribution is -2.35. The SMILES string of the molecule is COC(C(=O)O)C1(c2cccc(O)c2)CC1. The highest BCUT2D eigenvalue weighted by atomic mass is 16.5. The summed E-state index contributed by atoms with van der Waals surface area (Å²) in [5.74, 6) is -0.799. The average Bonchev–Trinajstić information content (AvgIpc) is 3.00. The number of carboxylic acids is 1. The Morgan fingerprint density at radius 2 is 2.19 bits per heavy atom. The maximum absolute atomic E-state index is 11.1. The number of hydrogen-bond donors (Lipinski definition) is 2. The zero-order chi connectivity index (χ0) is 11.8. The van der Waals surface area contributed by atoms with Gasteiger partial charge in [0.05, 0.1) is 0 Å². The predicted molar refractivity (Wildman–Crippen MR) is 57.5 cm³/mol. The Bertz CT molecular complexity index is 409. The number of hydrogen-bond acceptors (Lipinski definition) is 3. The number of aromatic hydroxyl groups is 1. The number of phenolic OH excluding ortho intramolecular Hbond substituents is 1. The summed E-state index contributed by atoms with van der Waals surface area (Å²) in [6.07, 6.45) is 0.719. The minimum Gasteiger partial charge on any atom is -0.508 e. The molecule has 0 saturated heterocycles. The lowest BCUT2D eigenvalue weighted by molar-refractivity contribution is -0.150. The van der Waals surface area contributed by atoms with Gasteiger partial charge in [0.15, 0.2) is 6.10 Å². The van der Waals surface area contributed by atoms with Crippen LogP contribution in [0.15, 0.2) is 24.3 Å². The third-order valence-electron chi connectivity index (χ3n) is 3.17. The Balaban J connectivity index is 2.35. The molecule has 0 radical (unpaired) electrons. The van der Waals surface area contributed by atoms with Crippen molar-refractivity contribution in [1.82, 2.24) is 0 Å². The van der Waals surface area contributed by atoms with Gasteiger partial charge in [0.1, 0.15) is 5.75 Å². The molecule has 16 heavy (non-hydrogen) atoms. The van der Waals surface area contributed by atoms with Crippen molar-refractivity contribution in [3.8, 4) is 5.75 Å². The molecule has 4 nitrogen and oxygen atoms in total. The zero-order valence-corrected chi connectivity index (χ0v) is 9.01. The van der Waals surface area contributed by atoms with Gasteiger partial charge >= 0.3 is 5.97 Å². The molecule has 2 N–H and O–H groups in total. The number of rotatable bonds is 4. The molecule has 4 heteroatoms. The fourth-order valence-electron chi connectivity index (χ4n) is 2.22. The third-order valence-corrected chi connectivity index (χ3v) is 3.17. The van der Waals surface area contributed by atoms with Crippen LogP contribution in [0, 0.1) is 0 Å². The maximum atomic E-state index is 11.1. The van der Waals surface area contributed by atoms with E-state index in [0.717, 1.165) is 18.4 Å². The number of phenols is 1. The number of methoxy groups -OCH3 is 1. The van der Waals surface area contributed by atoms with Gasteiger partial charge in [-0.3, -0.25) is 0 Å². The van der Waals surface area contributed by atoms with Gasteiger partial charge in [-0.15, -0.1) is 0 Å². The normalized spacial score (nSPS) is 19.1. The first-order chi connectivity index (χ1) is 7.60. The number of carboxylic acid groups (broad SMARTS) is 1. The quantitative estimate of drug-likeness (QED) is 0.810. The highest BCUT2D eigenvalue weighted by Gasteiger charge is 2.54. The highest BCUT2D eigenvalue weighted by Crippen LogP contribution is 2.52. The van der Waals surface area contributed by atoms with Gasteiger partial charge < -0.3 is 14.9 Å². The van der Waals surface area contributed by atoms with E-state index in [1.807, 2.05) is 6.07 Å². The summed E-state index contributed by atoms with van der Waals surface area (Å²) in [6, 6.07) is 6.74. The van der Waals surface area contributed by atoms with Crippen molar-refractivity contribution in [1.29, 1.82) is 0 Å².